The molecule has 0 bridgehead atoms. The molecule has 2 aliphatic rings. The van der Waals surface area contributed by atoms with E-state index in [0.29, 0.717) is 40.5 Å². The van der Waals surface area contributed by atoms with Crippen molar-refractivity contribution in [3.8, 4) is 11.5 Å². The van der Waals surface area contributed by atoms with Gasteiger partial charge in [0, 0.05) is 6.61 Å². The van der Waals surface area contributed by atoms with Crippen molar-refractivity contribution in [3.05, 3.63) is 38.8 Å². The number of amides is 1. The van der Waals surface area contributed by atoms with Crippen LogP contribution in [0.3, 0.4) is 0 Å². The summed E-state index contributed by atoms with van der Waals surface area (Å²) in [7, 11) is 0. The second kappa shape index (κ2) is 10.1. The zero-order chi connectivity index (χ0) is 20.1. The predicted octanol–water partition coefficient (Wildman–Crippen LogP) is 4.63. The minimum absolute atomic E-state index is 0.0644. The number of nitrogens with zero attached hydrogens (tertiary/aromatic N) is 1. The van der Waals surface area contributed by atoms with Crippen LogP contribution in [0.5, 0.6) is 11.5 Å². The highest BCUT2D eigenvalue weighted by atomic mass is 127. The van der Waals surface area contributed by atoms with Gasteiger partial charge in [-0.15, -0.1) is 0 Å². The molecule has 1 amide bonds. The topological polar surface area (TPSA) is 48.0 Å². The predicted molar refractivity (Wildman–Crippen MR) is 125 cm³/mol. The summed E-state index contributed by atoms with van der Waals surface area (Å²) in [6.07, 6.45) is 5.64. The standard InChI is InChI=1S/C20H22INO4S2/c1-3-7-26-18-15(21)9-13(10-16(18)24-4-2)11-17-19(23)22(20(27)28-17)12-14-6-5-8-25-14/h3,9-11,14H,1,4-8,12H2,2H3/b17-11-/t14-/m0/s1. The fraction of sp³-hybridized carbons (Fsp3) is 0.400. The first-order chi connectivity index (χ1) is 13.5. The first-order valence-electron chi connectivity index (χ1n) is 9.10. The van der Waals surface area contributed by atoms with Crippen LogP contribution in [0.15, 0.2) is 29.7 Å². The molecule has 5 nitrogen and oxygen atoms in total. The molecule has 2 fully saturated rings. The van der Waals surface area contributed by atoms with E-state index in [4.69, 9.17) is 26.4 Å². The molecule has 1 atom stereocenters. The molecule has 0 N–H and O–H groups in total. The molecule has 0 spiro atoms. The van der Waals surface area contributed by atoms with Gasteiger partial charge in [0.25, 0.3) is 5.91 Å². The molecule has 150 valence electrons. The van der Waals surface area contributed by atoms with Crippen LogP contribution in [-0.4, -0.2) is 47.6 Å². The third-order valence-electron chi connectivity index (χ3n) is 4.26. The Balaban J connectivity index is 1.82. The Morgan fingerprint density at radius 2 is 2.29 bits per heavy atom. The number of carbonyl (C=O) groups excluding carboxylic acids is 1. The fourth-order valence-corrected chi connectivity index (χ4v) is 5.07. The van der Waals surface area contributed by atoms with Gasteiger partial charge in [-0.05, 0) is 66.1 Å². The zero-order valence-electron chi connectivity index (χ0n) is 15.6. The SMILES string of the molecule is C=CCOc1c(I)cc(/C=C2\SC(=S)N(C[C@@H]3CCCO3)C2=O)cc1OCC. The summed E-state index contributed by atoms with van der Waals surface area (Å²) >= 11 is 8.96. The Morgan fingerprint density at radius 3 is 2.96 bits per heavy atom. The maximum Gasteiger partial charge on any atom is 0.266 e. The van der Waals surface area contributed by atoms with Crippen molar-refractivity contribution >= 4 is 62.9 Å². The van der Waals surface area contributed by atoms with Gasteiger partial charge in [-0.2, -0.15) is 0 Å². The molecule has 2 saturated heterocycles. The summed E-state index contributed by atoms with van der Waals surface area (Å²) in [4.78, 5) is 15.1. The first kappa shape index (κ1) is 21.6. The van der Waals surface area contributed by atoms with Crippen molar-refractivity contribution in [3.63, 3.8) is 0 Å². The van der Waals surface area contributed by atoms with Gasteiger partial charge < -0.3 is 14.2 Å². The molecule has 1 aromatic rings. The normalized spacial score (nSPS) is 20.9. The highest BCUT2D eigenvalue weighted by Crippen LogP contribution is 2.38. The number of halogens is 1. The largest absolute Gasteiger partial charge is 0.490 e. The van der Waals surface area contributed by atoms with E-state index in [0.717, 1.165) is 28.6 Å². The van der Waals surface area contributed by atoms with E-state index >= 15 is 0 Å². The van der Waals surface area contributed by atoms with E-state index < -0.39 is 0 Å². The van der Waals surface area contributed by atoms with Crippen LogP contribution >= 0.6 is 46.6 Å². The summed E-state index contributed by atoms with van der Waals surface area (Å²) in [5.74, 6) is 1.27. The van der Waals surface area contributed by atoms with Gasteiger partial charge in [-0.25, -0.2) is 0 Å². The summed E-state index contributed by atoms with van der Waals surface area (Å²) in [5, 5.41) is 0. The van der Waals surface area contributed by atoms with E-state index in [9.17, 15) is 4.79 Å². The molecule has 0 saturated carbocycles. The van der Waals surface area contributed by atoms with Crippen LogP contribution in [0.4, 0.5) is 0 Å². The van der Waals surface area contributed by atoms with E-state index in [-0.39, 0.29) is 12.0 Å². The van der Waals surface area contributed by atoms with Crippen LogP contribution in [0.2, 0.25) is 0 Å². The van der Waals surface area contributed by atoms with Crippen molar-refractivity contribution in [2.24, 2.45) is 0 Å². The van der Waals surface area contributed by atoms with Crippen molar-refractivity contribution in [2.75, 3.05) is 26.4 Å². The third-order valence-corrected chi connectivity index (χ3v) is 6.44. The minimum atomic E-state index is -0.0644. The second-order valence-corrected chi connectivity index (χ2v) is 9.13. The number of ether oxygens (including phenoxy) is 3. The maximum absolute atomic E-state index is 12.8. The number of thioether (sulfide) groups is 1. The molecular formula is C20H22INO4S2. The lowest BCUT2D eigenvalue weighted by Crippen LogP contribution is -2.35. The molecule has 0 aromatic heterocycles. The van der Waals surface area contributed by atoms with Crippen molar-refractivity contribution in [2.45, 2.75) is 25.9 Å². The molecular weight excluding hydrogens is 509 g/mol. The number of carbonyl (C=O) groups is 1. The Morgan fingerprint density at radius 1 is 1.46 bits per heavy atom. The fourth-order valence-electron chi connectivity index (χ4n) is 3.02. The quantitative estimate of drug-likeness (QED) is 0.211. The Hall–Kier alpha value is -1.10. The van der Waals surface area contributed by atoms with Crippen LogP contribution in [0.1, 0.15) is 25.3 Å². The minimum Gasteiger partial charge on any atom is -0.490 e. The van der Waals surface area contributed by atoms with E-state index in [1.807, 2.05) is 25.1 Å². The van der Waals surface area contributed by atoms with Gasteiger partial charge in [-0.1, -0.05) is 36.6 Å². The summed E-state index contributed by atoms with van der Waals surface area (Å²) in [6, 6.07) is 3.85. The number of rotatable bonds is 8. The number of benzene rings is 1. The van der Waals surface area contributed by atoms with Crippen molar-refractivity contribution in [1.29, 1.82) is 0 Å². The Labute approximate surface area is 188 Å². The van der Waals surface area contributed by atoms with Gasteiger partial charge >= 0.3 is 0 Å². The number of hydrogen-bond donors (Lipinski definition) is 0. The van der Waals surface area contributed by atoms with E-state index in [2.05, 4.69) is 29.2 Å². The third kappa shape index (κ3) is 5.08. The molecule has 2 heterocycles. The molecule has 0 aliphatic carbocycles. The lowest BCUT2D eigenvalue weighted by atomic mass is 10.1. The van der Waals surface area contributed by atoms with Crippen LogP contribution in [0, 0.1) is 3.57 Å². The summed E-state index contributed by atoms with van der Waals surface area (Å²) in [5.41, 5.74) is 0.872. The lowest BCUT2D eigenvalue weighted by Gasteiger charge is -2.18. The molecule has 8 heteroatoms. The van der Waals surface area contributed by atoms with Gasteiger partial charge in [0.15, 0.2) is 11.5 Å². The second-order valence-electron chi connectivity index (χ2n) is 6.29. The van der Waals surface area contributed by atoms with Crippen LogP contribution < -0.4 is 9.47 Å². The number of hydrogen-bond acceptors (Lipinski definition) is 6. The van der Waals surface area contributed by atoms with E-state index in [1.165, 1.54) is 11.8 Å². The van der Waals surface area contributed by atoms with Crippen molar-refractivity contribution < 1.29 is 19.0 Å². The van der Waals surface area contributed by atoms with Gasteiger partial charge in [0.2, 0.25) is 0 Å². The van der Waals surface area contributed by atoms with Crippen LogP contribution in [0.25, 0.3) is 6.08 Å². The van der Waals surface area contributed by atoms with Gasteiger partial charge in [0.05, 0.1) is 27.7 Å². The molecule has 3 rings (SSSR count). The average Bonchev–Trinajstić information content (AvgIpc) is 3.26. The van der Waals surface area contributed by atoms with Crippen LogP contribution in [-0.2, 0) is 9.53 Å². The Kier molecular flexibility index (Phi) is 7.78. The highest BCUT2D eigenvalue weighted by molar-refractivity contribution is 14.1. The maximum atomic E-state index is 12.8. The summed E-state index contributed by atoms with van der Waals surface area (Å²) in [6.45, 7) is 7.81. The monoisotopic (exact) mass is 531 g/mol. The van der Waals surface area contributed by atoms with Gasteiger partial charge in [-0.3, -0.25) is 9.69 Å². The van der Waals surface area contributed by atoms with Gasteiger partial charge in [0.1, 0.15) is 10.9 Å². The zero-order valence-corrected chi connectivity index (χ0v) is 19.4. The average molecular weight is 531 g/mol. The summed E-state index contributed by atoms with van der Waals surface area (Å²) < 4.78 is 18.6. The molecule has 0 unspecified atom stereocenters. The lowest BCUT2D eigenvalue weighted by molar-refractivity contribution is -0.123. The number of thiocarbonyl (C=S) groups is 1. The Bertz CT molecular complexity index is 806. The smallest absolute Gasteiger partial charge is 0.266 e. The van der Waals surface area contributed by atoms with Crippen molar-refractivity contribution in [1.82, 2.24) is 4.90 Å². The molecule has 0 radical (unpaired) electrons. The molecule has 28 heavy (non-hydrogen) atoms. The molecule has 2 aliphatic heterocycles. The van der Waals surface area contributed by atoms with E-state index in [1.54, 1.807) is 11.0 Å². The highest BCUT2D eigenvalue weighted by Gasteiger charge is 2.34. The molecule has 1 aromatic carbocycles. The first-order valence-corrected chi connectivity index (χ1v) is 11.4.